The van der Waals surface area contributed by atoms with Crippen molar-refractivity contribution in [1.29, 1.82) is 0 Å². The molecule has 8 heteroatoms. The van der Waals surface area contributed by atoms with Gasteiger partial charge < -0.3 is 15.2 Å². The van der Waals surface area contributed by atoms with Crippen LogP contribution < -0.4 is 10.1 Å². The fourth-order valence-electron chi connectivity index (χ4n) is 3.74. The quantitative estimate of drug-likeness (QED) is 0.525. The molecule has 1 aliphatic rings. The lowest BCUT2D eigenvalue weighted by Gasteiger charge is -2.25. The zero-order valence-corrected chi connectivity index (χ0v) is 19.9. The Morgan fingerprint density at radius 3 is 2.42 bits per heavy atom. The maximum atomic E-state index is 13.1. The van der Waals surface area contributed by atoms with Gasteiger partial charge in [0.05, 0.1) is 11.5 Å². The average molecular weight is 510 g/mol. The van der Waals surface area contributed by atoms with Crippen LogP contribution in [0.2, 0.25) is 0 Å². The van der Waals surface area contributed by atoms with Crippen molar-refractivity contribution >= 4 is 31.7 Å². The van der Waals surface area contributed by atoms with E-state index in [1.807, 2.05) is 0 Å². The van der Waals surface area contributed by atoms with E-state index in [1.165, 1.54) is 38.3 Å². The van der Waals surface area contributed by atoms with Gasteiger partial charge in [0, 0.05) is 16.9 Å². The topological polar surface area (TPSA) is 92.7 Å². The van der Waals surface area contributed by atoms with Crippen molar-refractivity contribution in [2.24, 2.45) is 0 Å². The summed E-state index contributed by atoms with van der Waals surface area (Å²) in [7, 11) is -4.11. The normalized spacial score (nSPS) is 18.8. The van der Waals surface area contributed by atoms with Gasteiger partial charge in [0.25, 0.3) is 0 Å². The molecule has 0 bridgehead atoms. The largest absolute Gasteiger partial charge is 0.494 e. The Hall–Kier alpha value is -1.90. The molecule has 1 fully saturated rings. The minimum atomic E-state index is -4.11. The lowest BCUT2D eigenvalue weighted by Crippen LogP contribution is -2.45. The molecule has 6 nitrogen and oxygen atoms in total. The van der Waals surface area contributed by atoms with Gasteiger partial charge in [0.1, 0.15) is 5.75 Å². The van der Waals surface area contributed by atoms with Crippen molar-refractivity contribution in [3.8, 4) is 5.75 Å². The lowest BCUT2D eigenvalue weighted by molar-refractivity contribution is -0.139. The van der Waals surface area contributed by atoms with Crippen LogP contribution in [0, 0.1) is 0 Å². The Balaban J connectivity index is 1.68. The molecule has 2 aromatic carbocycles. The molecule has 0 radical (unpaired) electrons. The summed E-state index contributed by atoms with van der Waals surface area (Å²) in [5, 5.41) is 13.3. The van der Waals surface area contributed by atoms with E-state index in [0.717, 1.165) is 17.4 Å². The number of carbonyl (C=O) groups is 1. The smallest absolute Gasteiger partial charge is 0.325 e. The Morgan fingerprint density at radius 1 is 1.16 bits per heavy atom. The SMILES string of the molecule is CC(Cc1ccc(OCCC2CCCCN2)cc1)(C(=O)O)S(=O)(=O)c1ccc(Br)cc1. The first-order chi connectivity index (χ1) is 14.7. The molecule has 2 unspecified atom stereocenters. The minimum Gasteiger partial charge on any atom is -0.494 e. The lowest BCUT2D eigenvalue weighted by atomic mass is 10.0. The Bertz CT molecular complexity index is 986. The maximum absolute atomic E-state index is 13.1. The van der Waals surface area contributed by atoms with Crippen LogP contribution in [-0.4, -0.2) is 43.4 Å². The average Bonchev–Trinajstić information content (AvgIpc) is 2.76. The van der Waals surface area contributed by atoms with Crippen molar-refractivity contribution in [3.05, 3.63) is 58.6 Å². The van der Waals surface area contributed by atoms with Gasteiger partial charge in [0.2, 0.25) is 0 Å². The predicted molar refractivity (Wildman–Crippen MR) is 123 cm³/mol. The summed E-state index contributed by atoms with van der Waals surface area (Å²) >= 11 is 3.27. The third kappa shape index (κ3) is 5.67. The fourth-order valence-corrected chi connectivity index (χ4v) is 5.61. The molecule has 2 atom stereocenters. The van der Waals surface area contributed by atoms with E-state index in [0.29, 0.717) is 24.0 Å². The Labute approximate surface area is 192 Å². The third-order valence-corrected chi connectivity index (χ3v) is 8.71. The molecule has 0 saturated carbocycles. The molecule has 3 rings (SSSR count). The van der Waals surface area contributed by atoms with E-state index >= 15 is 0 Å². The summed E-state index contributed by atoms with van der Waals surface area (Å²) in [5.74, 6) is -0.692. The molecule has 0 spiro atoms. The van der Waals surface area contributed by atoms with Crippen LogP contribution in [0.1, 0.15) is 38.2 Å². The zero-order valence-electron chi connectivity index (χ0n) is 17.5. The van der Waals surface area contributed by atoms with Gasteiger partial charge in [-0.2, -0.15) is 0 Å². The number of sulfone groups is 1. The first-order valence-electron chi connectivity index (χ1n) is 10.4. The third-order valence-electron chi connectivity index (χ3n) is 5.78. The summed E-state index contributed by atoms with van der Waals surface area (Å²) in [4.78, 5) is 12.0. The Morgan fingerprint density at radius 2 is 1.84 bits per heavy atom. The predicted octanol–water partition coefficient (Wildman–Crippen LogP) is 4.22. The molecular weight excluding hydrogens is 482 g/mol. The highest BCUT2D eigenvalue weighted by molar-refractivity contribution is 9.10. The molecule has 0 aliphatic carbocycles. The van der Waals surface area contributed by atoms with E-state index in [2.05, 4.69) is 21.2 Å². The monoisotopic (exact) mass is 509 g/mol. The van der Waals surface area contributed by atoms with Crippen LogP contribution in [0.25, 0.3) is 0 Å². The molecule has 0 aromatic heterocycles. The van der Waals surface area contributed by atoms with Gasteiger partial charge in [-0.25, -0.2) is 8.42 Å². The number of nitrogens with one attached hydrogen (secondary N) is 1. The number of halogens is 1. The second kappa shape index (κ2) is 10.1. The second-order valence-electron chi connectivity index (χ2n) is 8.10. The molecule has 0 amide bonds. The second-order valence-corrected chi connectivity index (χ2v) is 11.4. The van der Waals surface area contributed by atoms with E-state index in [9.17, 15) is 18.3 Å². The first kappa shape index (κ1) is 23.8. The number of hydrogen-bond donors (Lipinski definition) is 2. The van der Waals surface area contributed by atoms with E-state index in [4.69, 9.17) is 4.74 Å². The van der Waals surface area contributed by atoms with Gasteiger partial charge >= 0.3 is 5.97 Å². The van der Waals surface area contributed by atoms with Crippen LogP contribution in [0.4, 0.5) is 0 Å². The van der Waals surface area contributed by atoms with Gasteiger partial charge in [-0.05, 0) is 74.7 Å². The number of ether oxygens (including phenoxy) is 1. The molecule has 31 heavy (non-hydrogen) atoms. The number of carboxylic acids is 1. The highest BCUT2D eigenvalue weighted by atomic mass is 79.9. The van der Waals surface area contributed by atoms with Gasteiger partial charge in [-0.15, -0.1) is 0 Å². The molecule has 1 saturated heterocycles. The molecular formula is C23H28BrNO5S. The summed E-state index contributed by atoms with van der Waals surface area (Å²) in [6, 6.07) is 13.5. The van der Waals surface area contributed by atoms with Crippen LogP contribution in [0.3, 0.4) is 0 Å². The minimum absolute atomic E-state index is 0.0168. The van der Waals surface area contributed by atoms with Crippen LogP contribution in [0.5, 0.6) is 5.75 Å². The number of carboxylic acid groups (broad SMARTS) is 1. The number of rotatable bonds is 9. The molecule has 1 heterocycles. The van der Waals surface area contributed by atoms with Crippen molar-refractivity contribution in [2.45, 2.75) is 54.7 Å². The highest BCUT2D eigenvalue weighted by Crippen LogP contribution is 2.31. The molecule has 2 aromatic rings. The highest BCUT2D eigenvalue weighted by Gasteiger charge is 2.47. The Kier molecular flexibility index (Phi) is 7.78. The number of hydrogen-bond acceptors (Lipinski definition) is 5. The van der Waals surface area contributed by atoms with E-state index < -0.39 is 20.6 Å². The summed E-state index contributed by atoms with van der Waals surface area (Å²) in [5.41, 5.74) is 0.617. The molecule has 1 aliphatic heterocycles. The van der Waals surface area contributed by atoms with Gasteiger partial charge in [0.15, 0.2) is 14.6 Å². The van der Waals surface area contributed by atoms with Crippen LogP contribution >= 0.6 is 15.9 Å². The van der Waals surface area contributed by atoms with Crippen LogP contribution in [-0.2, 0) is 21.1 Å². The summed E-state index contributed by atoms with van der Waals surface area (Å²) in [6.07, 6.45) is 4.43. The van der Waals surface area contributed by atoms with Gasteiger partial charge in [-0.3, -0.25) is 4.79 Å². The number of aliphatic carboxylic acids is 1. The fraction of sp³-hybridized carbons (Fsp3) is 0.435. The van der Waals surface area contributed by atoms with Crippen molar-refractivity contribution in [2.75, 3.05) is 13.2 Å². The van der Waals surface area contributed by atoms with Crippen molar-refractivity contribution in [1.82, 2.24) is 5.32 Å². The van der Waals surface area contributed by atoms with Gasteiger partial charge in [-0.1, -0.05) is 34.5 Å². The van der Waals surface area contributed by atoms with Crippen molar-refractivity contribution in [3.63, 3.8) is 0 Å². The van der Waals surface area contributed by atoms with E-state index in [1.54, 1.807) is 36.4 Å². The number of benzene rings is 2. The standard InChI is InChI=1S/C23H28BrNO5S/c1-23(22(26)27,31(28,29)21-11-7-18(24)8-12-21)16-17-5-9-20(10-6-17)30-15-13-19-4-2-3-14-25-19/h5-12,19,25H,2-4,13-16H2,1H3,(H,26,27). The first-order valence-corrected chi connectivity index (χ1v) is 12.7. The zero-order chi connectivity index (χ0) is 22.5. The maximum Gasteiger partial charge on any atom is 0.325 e. The summed E-state index contributed by atoms with van der Waals surface area (Å²) < 4.78 is 30.8. The summed E-state index contributed by atoms with van der Waals surface area (Å²) in [6.45, 7) is 2.92. The number of piperidine rings is 1. The van der Waals surface area contributed by atoms with Crippen LogP contribution in [0.15, 0.2) is 57.9 Å². The van der Waals surface area contributed by atoms with Crippen molar-refractivity contribution < 1.29 is 23.1 Å². The molecule has 168 valence electrons. The van der Waals surface area contributed by atoms with E-state index in [-0.39, 0.29) is 11.3 Å². The molecule has 2 N–H and O–H groups in total.